The summed E-state index contributed by atoms with van der Waals surface area (Å²) in [6.45, 7) is 0. The number of nitrogens with zero attached hydrogens (tertiary/aromatic N) is 2. The SMILES string of the molecule is NS(=O)(=O)c1ccc(-n2cc(C(F)(F)F)nc2C2C=CC=CC2)cc1. The summed E-state index contributed by atoms with van der Waals surface area (Å²) in [7, 11) is -3.88. The number of nitrogens with two attached hydrogens (primary N) is 1. The largest absolute Gasteiger partial charge is 0.434 e. The molecule has 25 heavy (non-hydrogen) atoms. The molecule has 0 saturated carbocycles. The van der Waals surface area contributed by atoms with Crippen LogP contribution in [0.3, 0.4) is 0 Å². The topological polar surface area (TPSA) is 78.0 Å². The van der Waals surface area contributed by atoms with Gasteiger partial charge in [-0.15, -0.1) is 0 Å². The van der Waals surface area contributed by atoms with Gasteiger partial charge in [-0.1, -0.05) is 24.3 Å². The van der Waals surface area contributed by atoms with Gasteiger partial charge in [0.1, 0.15) is 5.82 Å². The number of allylic oxidation sites excluding steroid dienone is 4. The van der Waals surface area contributed by atoms with Crippen molar-refractivity contribution in [2.45, 2.75) is 23.4 Å². The van der Waals surface area contributed by atoms with Crippen LogP contribution in [0.4, 0.5) is 13.2 Å². The molecule has 1 aromatic heterocycles. The minimum atomic E-state index is -4.57. The molecule has 2 aromatic rings. The zero-order valence-electron chi connectivity index (χ0n) is 12.8. The first-order valence-electron chi connectivity index (χ1n) is 7.29. The van der Waals surface area contributed by atoms with Crippen LogP contribution in [0.1, 0.15) is 23.9 Å². The highest BCUT2D eigenvalue weighted by Crippen LogP contribution is 2.33. The number of benzene rings is 1. The number of primary sulfonamides is 1. The summed E-state index contributed by atoms with van der Waals surface area (Å²) in [6, 6.07) is 5.29. The molecule has 0 radical (unpaired) electrons. The van der Waals surface area contributed by atoms with Crippen LogP contribution in [0.25, 0.3) is 5.69 Å². The van der Waals surface area contributed by atoms with E-state index in [0.717, 1.165) is 6.20 Å². The van der Waals surface area contributed by atoms with Crippen molar-refractivity contribution in [1.82, 2.24) is 9.55 Å². The smallest absolute Gasteiger partial charge is 0.303 e. The normalized spacial score (nSPS) is 17.8. The molecule has 5 nitrogen and oxygen atoms in total. The highest BCUT2D eigenvalue weighted by molar-refractivity contribution is 7.89. The first-order valence-corrected chi connectivity index (χ1v) is 8.84. The van der Waals surface area contributed by atoms with Gasteiger partial charge in [-0.2, -0.15) is 13.2 Å². The lowest BCUT2D eigenvalue weighted by Gasteiger charge is -2.15. The Hall–Kier alpha value is -2.39. The third-order valence-corrected chi connectivity index (χ3v) is 4.71. The van der Waals surface area contributed by atoms with Crippen molar-refractivity contribution in [2.24, 2.45) is 5.14 Å². The van der Waals surface area contributed by atoms with Gasteiger partial charge in [-0.25, -0.2) is 18.5 Å². The molecule has 0 amide bonds. The second-order valence-electron chi connectivity index (χ2n) is 5.55. The molecule has 0 bridgehead atoms. The van der Waals surface area contributed by atoms with Gasteiger partial charge in [0, 0.05) is 17.8 Å². The predicted octanol–water partition coefficient (Wildman–Crippen LogP) is 3.14. The Morgan fingerprint density at radius 2 is 1.84 bits per heavy atom. The molecular weight excluding hydrogens is 355 g/mol. The van der Waals surface area contributed by atoms with Gasteiger partial charge in [0.25, 0.3) is 0 Å². The number of imidazole rings is 1. The number of rotatable bonds is 3. The van der Waals surface area contributed by atoms with Gasteiger partial charge in [0.2, 0.25) is 10.0 Å². The summed E-state index contributed by atoms with van der Waals surface area (Å²) < 4.78 is 63.2. The molecule has 1 heterocycles. The van der Waals surface area contributed by atoms with E-state index in [1.807, 2.05) is 12.2 Å². The van der Waals surface area contributed by atoms with Crippen molar-refractivity contribution in [1.29, 1.82) is 0 Å². The fourth-order valence-electron chi connectivity index (χ4n) is 2.57. The van der Waals surface area contributed by atoms with Gasteiger partial charge >= 0.3 is 6.18 Å². The highest BCUT2D eigenvalue weighted by atomic mass is 32.2. The number of hydrogen-bond donors (Lipinski definition) is 1. The third-order valence-electron chi connectivity index (χ3n) is 3.78. The molecule has 0 aliphatic heterocycles. The Morgan fingerprint density at radius 1 is 1.16 bits per heavy atom. The number of hydrogen-bond acceptors (Lipinski definition) is 3. The Morgan fingerprint density at radius 3 is 2.36 bits per heavy atom. The molecule has 0 saturated heterocycles. The van der Waals surface area contributed by atoms with E-state index < -0.39 is 21.9 Å². The fraction of sp³-hybridized carbons (Fsp3) is 0.188. The summed E-state index contributed by atoms with van der Waals surface area (Å²) in [4.78, 5) is 3.65. The van der Waals surface area contributed by atoms with Gasteiger partial charge in [0.15, 0.2) is 5.69 Å². The first kappa shape index (κ1) is 17.4. The molecule has 0 spiro atoms. The van der Waals surface area contributed by atoms with Crippen molar-refractivity contribution >= 4 is 10.0 Å². The van der Waals surface area contributed by atoms with Crippen molar-refractivity contribution < 1.29 is 21.6 Å². The lowest BCUT2D eigenvalue weighted by atomic mass is 10.00. The van der Waals surface area contributed by atoms with Crippen molar-refractivity contribution in [3.8, 4) is 5.69 Å². The summed E-state index contributed by atoms with van der Waals surface area (Å²) in [5, 5.41) is 5.04. The van der Waals surface area contributed by atoms with Gasteiger partial charge in [0.05, 0.1) is 4.90 Å². The highest BCUT2D eigenvalue weighted by Gasteiger charge is 2.35. The van der Waals surface area contributed by atoms with Crippen molar-refractivity contribution in [3.05, 3.63) is 66.3 Å². The molecule has 1 unspecified atom stereocenters. The minimum absolute atomic E-state index is 0.116. The quantitative estimate of drug-likeness (QED) is 0.903. The molecule has 2 N–H and O–H groups in total. The zero-order valence-corrected chi connectivity index (χ0v) is 13.6. The van der Waals surface area contributed by atoms with Crippen LogP contribution < -0.4 is 5.14 Å². The van der Waals surface area contributed by atoms with E-state index >= 15 is 0 Å². The number of aromatic nitrogens is 2. The van der Waals surface area contributed by atoms with Gasteiger partial charge < -0.3 is 4.57 Å². The minimum Gasteiger partial charge on any atom is -0.303 e. The Kier molecular flexibility index (Phi) is 4.29. The van der Waals surface area contributed by atoms with Crippen LogP contribution in [0.5, 0.6) is 0 Å². The second kappa shape index (κ2) is 6.16. The Balaban J connectivity index is 2.09. The van der Waals surface area contributed by atoms with Crippen LogP contribution in [-0.4, -0.2) is 18.0 Å². The molecule has 132 valence electrons. The lowest BCUT2D eigenvalue weighted by Crippen LogP contribution is -2.12. The number of sulfonamides is 1. The van der Waals surface area contributed by atoms with Crippen molar-refractivity contribution in [3.63, 3.8) is 0 Å². The molecule has 1 atom stereocenters. The number of halogens is 3. The molecule has 0 fully saturated rings. The maximum atomic E-state index is 13.1. The van der Waals surface area contributed by atoms with E-state index in [1.54, 1.807) is 12.2 Å². The second-order valence-corrected chi connectivity index (χ2v) is 7.11. The average molecular weight is 369 g/mol. The molecule has 3 rings (SSSR count). The van der Waals surface area contributed by atoms with E-state index in [-0.39, 0.29) is 16.6 Å². The van der Waals surface area contributed by atoms with Crippen molar-refractivity contribution in [2.75, 3.05) is 0 Å². The Labute approximate surface area is 142 Å². The summed E-state index contributed by atoms with van der Waals surface area (Å²) in [5.74, 6) is -0.0738. The molecule has 1 aliphatic rings. The monoisotopic (exact) mass is 369 g/mol. The number of alkyl halides is 3. The molecule has 9 heteroatoms. The Bertz CT molecular complexity index is 942. The van der Waals surface area contributed by atoms with E-state index in [4.69, 9.17) is 5.14 Å². The summed E-state index contributed by atoms with van der Waals surface area (Å²) in [6.07, 6.45) is 4.06. The standard InChI is InChI=1S/C16H14F3N3O2S/c17-16(18,19)14-10-22(15(21-14)11-4-2-1-3-5-11)12-6-8-13(9-7-12)25(20,23)24/h1-4,6-11H,5H2,(H2,20,23,24). The zero-order chi connectivity index (χ0) is 18.2. The van der Waals surface area contributed by atoms with E-state index in [9.17, 15) is 21.6 Å². The summed E-state index contributed by atoms with van der Waals surface area (Å²) in [5.41, 5.74) is -0.630. The van der Waals surface area contributed by atoms with Crippen LogP contribution in [-0.2, 0) is 16.2 Å². The fourth-order valence-corrected chi connectivity index (χ4v) is 3.08. The van der Waals surface area contributed by atoms with Crippen LogP contribution in [0.15, 0.2) is 59.7 Å². The molecular formula is C16H14F3N3O2S. The van der Waals surface area contributed by atoms with E-state index in [0.29, 0.717) is 12.1 Å². The van der Waals surface area contributed by atoms with Gasteiger partial charge in [-0.3, -0.25) is 0 Å². The lowest BCUT2D eigenvalue weighted by molar-refractivity contribution is -0.141. The van der Waals surface area contributed by atoms with Crippen LogP contribution in [0.2, 0.25) is 0 Å². The van der Waals surface area contributed by atoms with Crippen LogP contribution in [0, 0.1) is 0 Å². The maximum Gasteiger partial charge on any atom is 0.434 e. The average Bonchev–Trinajstić information content (AvgIpc) is 3.00. The van der Waals surface area contributed by atoms with Crippen LogP contribution >= 0.6 is 0 Å². The first-order chi connectivity index (χ1) is 11.7. The summed E-state index contributed by atoms with van der Waals surface area (Å²) >= 11 is 0. The van der Waals surface area contributed by atoms with E-state index in [1.165, 1.54) is 28.8 Å². The third kappa shape index (κ3) is 3.67. The van der Waals surface area contributed by atoms with E-state index in [2.05, 4.69) is 4.98 Å². The molecule has 1 aromatic carbocycles. The predicted molar refractivity (Wildman–Crippen MR) is 85.6 cm³/mol. The maximum absolute atomic E-state index is 13.1. The van der Waals surface area contributed by atoms with Gasteiger partial charge in [-0.05, 0) is 30.7 Å². The molecule has 1 aliphatic carbocycles.